The number of hydrogen-bond donors (Lipinski definition) is 0. The molecule has 1 radical (unpaired) electrons. The summed E-state index contributed by atoms with van der Waals surface area (Å²) in [7, 11) is -4.24. The first-order valence-corrected chi connectivity index (χ1v) is 21.4. The Kier molecular flexibility index (Phi) is 3.39. The van der Waals surface area contributed by atoms with Crippen molar-refractivity contribution in [3.63, 3.8) is 0 Å². The Balaban J connectivity index is 3.00. The largest absolute Gasteiger partial charge is 0.424 e. The summed E-state index contributed by atoms with van der Waals surface area (Å²) in [5.74, 6) is 0. The van der Waals surface area contributed by atoms with E-state index in [9.17, 15) is 0 Å². The molecule has 0 amide bonds. The molecule has 1 heterocycles. The Morgan fingerprint density at radius 2 is 1.20 bits per heavy atom. The first-order valence-electron chi connectivity index (χ1n) is 5.99. The Labute approximate surface area is 98.9 Å². The van der Waals surface area contributed by atoms with Crippen LogP contribution < -0.4 is 0 Å². The average molecular weight is 276 g/mol. The Bertz CT molecular complexity index is 242. The predicted molar refractivity (Wildman–Crippen MR) is 80.0 cm³/mol. The highest BCUT2D eigenvalue weighted by Crippen LogP contribution is 2.51. The molecule has 0 unspecified atom stereocenters. The van der Waals surface area contributed by atoms with Crippen molar-refractivity contribution in [3.05, 3.63) is 6.92 Å². The first kappa shape index (κ1) is 13.9. The first-order chi connectivity index (χ1) is 6.56. The fourth-order valence-corrected chi connectivity index (χ4v) is 132. The summed E-state index contributed by atoms with van der Waals surface area (Å²) >= 11 is 0. The highest BCUT2D eigenvalue weighted by Gasteiger charge is 2.79. The summed E-state index contributed by atoms with van der Waals surface area (Å²) in [4.78, 5) is 0. The molecule has 0 bridgehead atoms. The molecule has 0 aromatic heterocycles. The maximum atomic E-state index is 6.42. The van der Waals surface area contributed by atoms with Gasteiger partial charge in [-0.1, -0.05) is 52.8 Å². The van der Waals surface area contributed by atoms with Crippen LogP contribution in [0.4, 0.5) is 0 Å². The summed E-state index contributed by atoms with van der Waals surface area (Å²) in [6.45, 7) is 23.2. The Morgan fingerprint density at radius 3 is 1.53 bits per heavy atom. The molecule has 1 saturated heterocycles. The van der Waals surface area contributed by atoms with Gasteiger partial charge >= 0.3 is 0 Å². The van der Waals surface area contributed by atoms with Gasteiger partial charge in [0.25, 0.3) is 0 Å². The van der Waals surface area contributed by atoms with Gasteiger partial charge in [0.05, 0.1) is 14.2 Å². The van der Waals surface area contributed by atoms with Crippen LogP contribution in [-0.2, 0) is 4.43 Å². The molecule has 1 aliphatic heterocycles. The van der Waals surface area contributed by atoms with Crippen LogP contribution in [0.1, 0.15) is 6.42 Å². The van der Waals surface area contributed by atoms with Gasteiger partial charge in [-0.25, -0.2) is 0 Å². The highest BCUT2D eigenvalue weighted by molar-refractivity contribution is 8.12. The minimum absolute atomic E-state index is 0.897. The zero-order chi connectivity index (χ0) is 12.1. The fourth-order valence-electron chi connectivity index (χ4n) is 3.33. The quantitative estimate of drug-likeness (QED) is 0.719. The Morgan fingerprint density at radius 1 is 0.800 bits per heavy atom. The summed E-state index contributed by atoms with van der Waals surface area (Å²) in [5.41, 5.74) is 0. The maximum Gasteiger partial charge on any atom is 0.160 e. The van der Waals surface area contributed by atoms with Gasteiger partial charge in [0, 0.05) is 13.7 Å². The second kappa shape index (κ2) is 3.66. The van der Waals surface area contributed by atoms with E-state index < -0.39 is 28.7 Å². The molecule has 1 rings (SSSR count). The van der Waals surface area contributed by atoms with Crippen LogP contribution in [0.2, 0.25) is 45.8 Å². The van der Waals surface area contributed by atoms with Crippen molar-refractivity contribution in [3.8, 4) is 0 Å². The lowest BCUT2D eigenvalue weighted by molar-refractivity contribution is 0.331. The van der Waals surface area contributed by atoms with Gasteiger partial charge < -0.3 is 4.43 Å². The smallest absolute Gasteiger partial charge is 0.160 e. The van der Waals surface area contributed by atoms with Crippen molar-refractivity contribution in [2.75, 3.05) is 6.61 Å². The molecule has 1 aliphatic rings. The highest BCUT2D eigenvalue weighted by atomic mass is 30.2. The van der Waals surface area contributed by atoms with Crippen LogP contribution >= 0.6 is 0 Å². The van der Waals surface area contributed by atoms with Crippen molar-refractivity contribution in [1.29, 1.82) is 0 Å². The van der Waals surface area contributed by atoms with Crippen LogP contribution in [0.25, 0.3) is 0 Å². The molecule has 0 atom stereocenters. The van der Waals surface area contributed by atoms with Gasteiger partial charge in [-0.15, -0.1) is 0 Å². The van der Waals surface area contributed by atoms with Crippen LogP contribution in [-0.4, -0.2) is 35.3 Å². The van der Waals surface area contributed by atoms with E-state index in [-0.39, 0.29) is 0 Å². The minimum atomic E-state index is -1.31. The molecule has 1 fully saturated rings. The van der Waals surface area contributed by atoms with Gasteiger partial charge in [0.2, 0.25) is 0 Å². The number of rotatable bonds is 3. The molecule has 0 spiro atoms. The van der Waals surface area contributed by atoms with Gasteiger partial charge in [-0.2, -0.15) is 0 Å². The molecule has 0 N–H and O–H groups in total. The van der Waals surface area contributed by atoms with Crippen molar-refractivity contribution in [2.45, 2.75) is 52.2 Å². The summed E-state index contributed by atoms with van der Waals surface area (Å²) < 4.78 is 6.42. The topological polar surface area (TPSA) is 9.23 Å². The maximum absolute atomic E-state index is 6.42. The van der Waals surface area contributed by atoms with Crippen LogP contribution in [0.5, 0.6) is 0 Å². The molecule has 15 heavy (non-hydrogen) atoms. The van der Waals surface area contributed by atoms with Gasteiger partial charge in [0.1, 0.15) is 0 Å². The standard InChI is InChI=1S/C10H27OSi4/c1-9-10-11-15(8)13(4,5)12(2,3)14(15,6)7/h1,9-10H2,2-8H3. The van der Waals surface area contributed by atoms with Crippen LogP contribution in [0.15, 0.2) is 0 Å². The second-order valence-electron chi connectivity index (χ2n) is 6.61. The summed E-state index contributed by atoms with van der Waals surface area (Å²) in [5, 5.41) is 0. The van der Waals surface area contributed by atoms with E-state index >= 15 is 0 Å². The van der Waals surface area contributed by atoms with Crippen molar-refractivity contribution >= 4 is 28.7 Å². The third kappa shape index (κ3) is 1.39. The molecular weight excluding hydrogens is 248 g/mol. The minimum Gasteiger partial charge on any atom is -0.424 e. The molecule has 89 valence electrons. The molecule has 0 aromatic rings. The SMILES string of the molecule is [CH2]CCO[Si]1(C)[Si](C)(C)[Si](C)(C)[Si]1(C)C. The van der Waals surface area contributed by atoms with E-state index in [4.69, 9.17) is 4.43 Å². The Hall–Kier alpha value is 0.828. The van der Waals surface area contributed by atoms with E-state index in [0.29, 0.717) is 0 Å². The van der Waals surface area contributed by atoms with E-state index in [0.717, 1.165) is 13.0 Å². The molecule has 1 nitrogen and oxygen atoms in total. The van der Waals surface area contributed by atoms with E-state index in [2.05, 4.69) is 52.8 Å². The average Bonchev–Trinajstić information content (AvgIpc) is 2.12. The van der Waals surface area contributed by atoms with Crippen molar-refractivity contribution < 1.29 is 4.43 Å². The molecular formula is C10H27OSi4. The van der Waals surface area contributed by atoms with Crippen molar-refractivity contribution in [2.24, 2.45) is 0 Å². The van der Waals surface area contributed by atoms with E-state index in [1.165, 1.54) is 0 Å². The molecule has 5 heteroatoms. The second-order valence-corrected chi connectivity index (χ2v) is 52.9. The lowest BCUT2D eigenvalue weighted by Crippen LogP contribution is -3.02. The van der Waals surface area contributed by atoms with E-state index in [1.807, 2.05) is 0 Å². The fraction of sp³-hybridized carbons (Fsp3) is 0.900. The zero-order valence-electron chi connectivity index (χ0n) is 11.5. The van der Waals surface area contributed by atoms with Gasteiger partial charge in [-0.05, 0) is 6.42 Å². The monoisotopic (exact) mass is 275 g/mol. The molecule has 0 aliphatic carbocycles. The van der Waals surface area contributed by atoms with Gasteiger partial charge in [0.15, 0.2) is 7.35 Å². The van der Waals surface area contributed by atoms with Crippen LogP contribution in [0, 0.1) is 6.92 Å². The molecule has 0 aromatic carbocycles. The summed E-state index contributed by atoms with van der Waals surface area (Å²) in [6.07, 6.45) is 0.944. The third-order valence-corrected chi connectivity index (χ3v) is 103. The lowest BCUT2D eigenvalue weighted by atomic mass is 10.5. The third-order valence-electron chi connectivity index (χ3n) is 6.05. The van der Waals surface area contributed by atoms with Gasteiger partial charge in [-0.3, -0.25) is 0 Å². The normalized spacial score (nSPS) is 29.6. The lowest BCUT2D eigenvalue weighted by Gasteiger charge is -2.71. The number of hydrogen-bond acceptors (Lipinski definition) is 1. The van der Waals surface area contributed by atoms with Crippen molar-refractivity contribution in [1.82, 2.24) is 0 Å². The zero-order valence-corrected chi connectivity index (χ0v) is 15.5. The predicted octanol–water partition coefficient (Wildman–Crippen LogP) is 3.25. The van der Waals surface area contributed by atoms with E-state index in [1.54, 1.807) is 0 Å². The van der Waals surface area contributed by atoms with Crippen LogP contribution in [0.3, 0.4) is 0 Å². The molecule has 0 saturated carbocycles. The summed E-state index contributed by atoms with van der Waals surface area (Å²) in [6, 6.07) is 0.